The third-order valence-corrected chi connectivity index (χ3v) is 2.96. The number of hydrogen-bond acceptors (Lipinski definition) is 2. The van der Waals surface area contributed by atoms with E-state index >= 15 is 0 Å². The van der Waals surface area contributed by atoms with Crippen LogP contribution in [0.5, 0.6) is 0 Å². The van der Waals surface area contributed by atoms with E-state index in [1.165, 1.54) is 0 Å². The fraction of sp³-hybridized carbons (Fsp3) is 0.500. The Morgan fingerprint density at radius 2 is 1.94 bits per heavy atom. The lowest BCUT2D eigenvalue weighted by Crippen LogP contribution is -2.25. The number of anilines is 1. The Morgan fingerprint density at radius 1 is 1.35 bits per heavy atom. The Kier molecular flexibility index (Phi) is 3.81. The van der Waals surface area contributed by atoms with Crippen LogP contribution in [0.4, 0.5) is 5.69 Å². The lowest BCUT2D eigenvalue weighted by molar-refractivity contribution is -0.138. The highest BCUT2D eigenvalue weighted by molar-refractivity contribution is 5.70. The zero-order valence-electron chi connectivity index (χ0n) is 11.2. The van der Waals surface area contributed by atoms with Crippen LogP contribution in [0.2, 0.25) is 0 Å². The normalized spacial score (nSPS) is 11.4. The number of benzene rings is 1. The zero-order valence-corrected chi connectivity index (χ0v) is 11.2. The Hall–Kier alpha value is -1.51. The van der Waals surface area contributed by atoms with Crippen LogP contribution < -0.4 is 4.90 Å². The first-order chi connectivity index (χ1) is 7.74. The van der Waals surface area contributed by atoms with Gasteiger partial charge in [0.2, 0.25) is 0 Å². The van der Waals surface area contributed by atoms with Gasteiger partial charge in [-0.05, 0) is 18.6 Å². The fourth-order valence-electron chi connectivity index (χ4n) is 2.06. The van der Waals surface area contributed by atoms with Crippen LogP contribution in [0.25, 0.3) is 0 Å². The SMILES string of the molecule is Cc1ccc(N(C)C)c(C(C)(C)CC(=O)O)c1. The third-order valence-electron chi connectivity index (χ3n) is 2.96. The van der Waals surface area contributed by atoms with Crippen molar-refractivity contribution in [3.63, 3.8) is 0 Å². The molecule has 0 radical (unpaired) electrons. The standard InChI is InChI=1S/C14H21NO2/c1-10-6-7-12(15(4)5)11(8-10)14(2,3)9-13(16)17/h6-8H,9H2,1-5H3,(H,16,17). The molecule has 0 atom stereocenters. The first kappa shape index (κ1) is 13.6. The summed E-state index contributed by atoms with van der Waals surface area (Å²) in [5, 5.41) is 9.00. The van der Waals surface area contributed by atoms with Gasteiger partial charge in [-0.1, -0.05) is 31.5 Å². The van der Waals surface area contributed by atoms with Crippen molar-refractivity contribution in [1.82, 2.24) is 0 Å². The van der Waals surface area contributed by atoms with Gasteiger partial charge >= 0.3 is 5.97 Å². The van der Waals surface area contributed by atoms with Gasteiger partial charge < -0.3 is 10.0 Å². The first-order valence-electron chi connectivity index (χ1n) is 5.74. The van der Waals surface area contributed by atoms with Crippen LogP contribution in [0.15, 0.2) is 18.2 Å². The molecule has 0 saturated carbocycles. The molecule has 17 heavy (non-hydrogen) atoms. The molecule has 1 aromatic rings. The quantitative estimate of drug-likeness (QED) is 0.872. The monoisotopic (exact) mass is 235 g/mol. The zero-order chi connectivity index (χ0) is 13.2. The lowest BCUT2D eigenvalue weighted by atomic mass is 9.80. The second kappa shape index (κ2) is 4.78. The number of rotatable bonds is 4. The van der Waals surface area contributed by atoms with E-state index in [1.807, 2.05) is 45.8 Å². The van der Waals surface area contributed by atoms with Gasteiger partial charge in [0.1, 0.15) is 0 Å². The summed E-state index contributed by atoms with van der Waals surface area (Å²) in [7, 11) is 3.95. The van der Waals surface area contributed by atoms with Gasteiger partial charge in [0.05, 0.1) is 6.42 Å². The number of carboxylic acid groups (broad SMARTS) is 1. The van der Waals surface area contributed by atoms with Gasteiger partial charge in [-0.3, -0.25) is 4.79 Å². The summed E-state index contributed by atoms with van der Waals surface area (Å²) < 4.78 is 0. The van der Waals surface area contributed by atoms with Crippen LogP contribution >= 0.6 is 0 Å². The highest BCUT2D eigenvalue weighted by Gasteiger charge is 2.27. The minimum Gasteiger partial charge on any atom is -0.481 e. The minimum absolute atomic E-state index is 0.136. The molecule has 0 aliphatic carbocycles. The van der Waals surface area contributed by atoms with Crippen LogP contribution in [0, 0.1) is 6.92 Å². The summed E-state index contributed by atoms with van der Waals surface area (Å²) in [4.78, 5) is 13.0. The van der Waals surface area contributed by atoms with E-state index in [1.54, 1.807) is 0 Å². The number of hydrogen-bond donors (Lipinski definition) is 1. The van der Waals surface area contributed by atoms with Crippen molar-refractivity contribution in [2.75, 3.05) is 19.0 Å². The molecule has 0 unspecified atom stereocenters. The average Bonchev–Trinajstić information content (AvgIpc) is 2.14. The summed E-state index contributed by atoms with van der Waals surface area (Å²) in [5.74, 6) is -0.763. The Balaban J connectivity index is 3.27. The third kappa shape index (κ3) is 3.22. The van der Waals surface area contributed by atoms with E-state index in [2.05, 4.69) is 12.1 Å². The van der Waals surface area contributed by atoms with Crippen molar-refractivity contribution in [1.29, 1.82) is 0 Å². The molecule has 1 rings (SSSR count). The molecule has 3 heteroatoms. The van der Waals surface area contributed by atoms with E-state index in [-0.39, 0.29) is 11.8 Å². The summed E-state index contributed by atoms with van der Waals surface area (Å²) in [6.07, 6.45) is 0.136. The van der Waals surface area contributed by atoms with E-state index in [0.717, 1.165) is 16.8 Å². The molecule has 94 valence electrons. The van der Waals surface area contributed by atoms with Crippen molar-refractivity contribution < 1.29 is 9.90 Å². The van der Waals surface area contributed by atoms with E-state index in [4.69, 9.17) is 5.11 Å². The van der Waals surface area contributed by atoms with Gasteiger partial charge in [0, 0.05) is 25.2 Å². The molecule has 0 aliphatic rings. The Morgan fingerprint density at radius 3 is 2.41 bits per heavy atom. The number of aryl methyl sites for hydroxylation is 1. The maximum Gasteiger partial charge on any atom is 0.304 e. The molecule has 1 aromatic carbocycles. The summed E-state index contributed by atoms with van der Waals surface area (Å²) in [5.41, 5.74) is 2.97. The fourth-order valence-corrected chi connectivity index (χ4v) is 2.06. The molecule has 0 fully saturated rings. The summed E-state index contributed by atoms with van der Waals surface area (Å²) in [6, 6.07) is 6.18. The molecular formula is C14H21NO2. The van der Waals surface area contributed by atoms with Crippen molar-refractivity contribution in [2.24, 2.45) is 0 Å². The predicted molar refractivity (Wildman–Crippen MR) is 70.8 cm³/mol. The van der Waals surface area contributed by atoms with Gasteiger partial charge in [-0.25, -0.2) is 0 Å². The molecule has 0 amide bonds. The van der Waals surface area contributed by atoms with Crippen LogP contribution in [0.3, 0.4) is 0 Å². The minimum atomic E-state index is -0.763. The second-order valence-electron chi connectivity index (χ2n) is 5.37. The van der Waals surface area contributed by atoms with Crippen molar-refractivity contribution in [3.8, 4) is 0 Å². The number of nitrogens with zero attached hydrogens (tertiary/aromatic N) is 1. The topological polar surface area (TPSA) is 40.5 Å². The second-order valence-corrected chi connectivity index (χ2v) is 5.37. The largest absolute Gasteiger partial charge is 0.481 e. The van der Waals surface area contributed by atoms with Gasteiger partial charge in [-0.15, -0.1) is 0 Å². The highest BCUT2D eigenvalue weighted by Crippen LogP contribution is 2.34. The molecule has 0 heterocycles. The number of aliphatic carboxylic acids is 1. The van der Waals surface area contributed by atoms with Crippen molar-refractivity contribution in [3.05, 3.63) is 29.3 Å². The molecule has 0 saturated heterocycles. The highest BCUT2D eigenvalue weighted by atomic mass is 16.4. The van der Waals surface area contributed by atoms with Crippen LogP contribution in [-0.4, -0.2) is 25.2 Å². The maximum atomic E-state index is 10.9. The van der Waals surface area contributed by atoms with Gasteiger partial charge in [0.25, 0.3) is 0 Å². The predicted octanol–water partition coefficient (Wildman–Crippen LogP) is 2.81. The van der Waals surface area contributed by atoms with E-state index in [9.17, 15) is 4.79 Å². The first-order valence-corrected chi connectivity index (χ1v) is 5.74. The van der Waals surface area contributed by atoms with Gasteiger partial charge in [-0.2, -0.15) is 0 Å². The molecular weight excluding hydrogens is 214 g/mol. The molecule has 0 aromatic heterocycles. The molecule has 0 aliphatic heterocycles. The van der Waals surface area contributed by atoms with Crippen molar-refractivity contribution >= 4 is 11.7 Å². The maximum absolute atomic E-state index is 10.9. The lowest BCUT2D eigenvalue weighted by Gasteiger charge is -2.29. The summed E-state index contributed by atoms with van der Waals surface area (Å²) >= 11 is 0. The Labute approximate surface area is 103 Å². The smallest absolute Gasteiger partial charge is 0.304 e. The van der Waals surface area contributed by atoms with Crippen LogP contribution in [0.1, 0.15) is 31.4 Å². The Bertz CT molecular complexity index is 422. The number of carbonyl (C=O) groups is 1. The average molecular weight is 235 g/mol. The summed E-state index contributed by atoms with van der Waals surface area (Å²) in [6.45, 7) is 5.98. The van der Waals surface area contributed by atoms with Crippen LogP contribution in [-0.2, 0) is 10.2 Å². The molecule has 0 bridgehead atoms. The molecule has 1 N–H and O–H groups in total. The van der Waals surface area contributed by atoms with Crippen molar-refractivity contribution in [2.45, 2.75) is 32.6 Å². The molecule has 3 nitrogen and oxygen atoms in total. The molecule has 0 spiro atoms. The van der Waals surface area contributed by atoms with Gasteiger partial charge in [0.15, 0.2) is 0 Å². The van der Waals surface area contributed by atoms with E-state index in [0.29, 0.717) is 0 Å². The number of carboxylic acids is 1. The van der Waals surface area contributed by atoms with E-state index < -0.39 is 5.97 Å².